The Morgan fingerprint density at radius 2 is 1.67 bits per heavy atom. The highest BCUT2D eigenvalue weighted by molar-refractivity contribution is 5.96. The van der Waals surface area contributed by atoms with Crippen LogP contribution in [0.5, 0.6) is 0 Å². The molecular weight excluding hydrogens is 420 g/mol. The number of rotatable bonds is 8. The van der Waals surface area contributed by atoms with Gasteiger partial charge in [-0.3, -0.25) is 14.3 Å². The molecule has 0 aliphatic heterocycles. The quantitative estimate of drug-likeness (QED) is 0.535. The normalized spacial score (nSPS) is 10.5. The second-order valence-corrected chi connectivity index (χ2v) is 7.93. The van der Waals surface area contributed by atoms with Crippen molar-refractivity contribution >= 4 is 23.5 Å². The summed E-state index contributed by atoms with van der Waals surface area (Å²) in [7, 11) is 1.49. The minimum atomic E-state index is -0.616. The number of nitrogens with one attached hydrogen (secondary N) is 1. The molecule has 1 heterocycles. The number of esters is 1. The van der Waals surface area contributed by atoms with Crippen molar-refractivity contribution in [3.8, 4) is 0 Å². The summed E-state index contributed by atoms with van der Waals surface area (Å²) < 4.78 is 6.97. The van der Waals surface area contributed by atoms with Crippen LogP contribution in [0.25, 0.3) is 0 Å². The molecule has 0 aliphatic carbocycles. The van der Waals surface area contributed by atoms with Crippen molar-refractivity contribution < 1.29 is 19.1 Å². The number of carbonyl (C=O) groups is 3. The van der Waals surface area contributed by atoms with Crippen molar-refractivity contribution in [2.24, 2.45) is 0 Å². The first kappa shape index (κ1) is 23.7. The molecule has 3 rings (SSSR count). The van der Waals surface area contributed by atoms with Gasteiger partial charge in [0.05, 0.1) is 24.5 Å². The number of benzene rings is 2. The van der Waals surface area contributed by atoms with E-state index in [2.05, 4.69) is 10.4 Å². The van der Waals surface area contributed by atoms with Gasteiger partial charge < -0.3 is 15.0 Å². The third-order valence-corrected chi connectivity index (χ3v) is 5.23. The van der Waals surface area contributed by atoms with Gasteiger partial charge in [-0.1, -0.05) is 48.0 Å². The first-order chi connectivity index (χ1) is 15.7. The zero-order valence-corrected chi connectivity index (χ0v) is 19.3. The molecule has 3 aromatic rings. The molecule has 33 heavy (non-hydrogen) atoms. The van der Waals surface area contributed by atoms with Crippen molar-refractivity contribution in [1.82, 2.24) is 14.7 Å². The smallest absolute Gasteiger partial charge is 0.342 e. The van der Waals surface area contributed by atoms with Crippen LogP contribution in [0.1, 0.15) is 32.9 Å². The highest BCUT2D eigenvalue weighted by Gasteiger charge is 2.22. The maximum atomic E-state index is 12.6. The SMILES string of the molecule is Cc1ccc(NC(=O)CN(C)C(=O)COC(=O)c2c(C)nn(Cc3ccccc3)c2C)cc1. The molecule has 0 saturated heterocycles. The molecule has 2 amide bonds. The molecule has 8 heteroatoms. The maximum Gasteiger partial charge on any atom is 0.342 e. The van der Waals surface area contributed by atoms with Crippen LogP contribution in [0.2, 0.25) is 0 Å². The number of aromatic nitrogens is 2. The standard InChI is InChI=1S/C25H28N4O4/c1-17-10-12-21(13-11-17)26-22(30)15-28(4)23(31)16-33-25(32)24-18(2)27-29(19(24)3)14-20-8-6-5-7-9-20/h5-13H,14-16H2,1-4H3,(H,26,30). The van der Waals surface area contributed by atoms with Gasteiger partial charge in [-0.05, 0) is 38.5 Å². The Balaban J connectivity index is 1.53. The third-order valence-electron chi connectivity index (χ3n) is 5.23. The number of hydrogen-bond acceptors (Lipinski definition) is 5. The zero-order chi connectivity index (χ0) is 24.0. The van der Waals surface area contributed by atoms with E-state index in [9.17, 15) is 14.4 Å². The second kappa shape index (κ2) is 10.6. The van der Waals surface area contributed by atoms with Gasteiger partial charge >= 0.3 is 5.97 Å². The molecule has 1 aromatic heterocycles. The van der Waals surface area contributed by atoms with Gasteiger partial charge in [0.1, 0.15) is 5.56 Å². The van der Waals surface area contributed by atoms with Crippen LogP contribution in [0.15, 0.2) is 54.6 Å². The van der Waals surface area contributed by atoms with Crippen molar-refractivity contribution in [3.63, 3.8) is 0 Å². The summed E-state index contributed by atoms with van der Waals surface area (Å²) >= 11 is 0. The zero-order valence-electron chi connectivity index (χ0n) is 19.3. The predicted molar refractivity (Wildman–Crippen MR) is 125 cm³/mol. The van der Waals surface area contributed by atoms with Crippen LogP contribution in [-0.2, 0) is 20.9 Å². The minimum Gasteiger partial charge on any atom is -0.452 e. The molecular formula is C25H28N4O4. The summed E-state index contributed by atoms with van der Waals surface area (Å²) in [5, 5.41) is 7.17. The van der Waals surface area contributed by atoms with Gasteiger partial charge in [0, 0.05) is 12.7 Å². The summed E-state index contributed by atoms with van der Waals surface area (Å²) in [4.78, 5) is 38.4. The first-order valence-electron chi connectivity index (χ1n) is 10.6. The molecule has 0 bridgehead atoms. The largest absolute Gasteiger partial charge is 0.452 e. The van der Waals surface area contributed by atoms with Gasteiger partial charge in [0.15, 0.2) is 6.61 Å². The molecule has 0 aliphatic rings. The summed E-state index contributed by atoms with van der Waals surface area (Å²) in [6.07, 6.45) is 0. The van der Waals surface area contributed by atoms with Crippen molar-refractivity contribution in [2.75, 3.05) is 25.5 Å². The Hall–Kier alpha value is -3.94. The predicted octanol–water partition coefficient (Wildman–Crippen LogP) is 3.11. The first-order valence-corrected chi connectivity index (χ1v) is 10.6. The summed E-state index contributed by atoms with van der Waals surface area (Å²) in [6, 6.07) is 17.1. The number of amides is 2. The lowest BCUT2D eigenvalue weighted by Gasteiger charge is -2.17. The number of likely N-dealkylation sites (N-methyl/N-ethyl adjacent to an activating group) is 1. The fraction of sp³-hybridized carbons (Fsp3) is 0.280. The Labute approximate surface area is 193 Å². The fourth-order valence-corrected chi connectivity index (χ4v) is 3.35. The van der Waals surface area contributed by atoms with Crippen LogP contribution in [-0.4, -0.2) is 52.7 Å². The molecule has 0 radical (unpaired) electrons. The lowest BCUT2D eigenvalue weighted by atomic mass is 10.2. The van der Waals surface area contributed by atoms with E-state index in [-0.39, 0.29) is 12.5 Å². The second-order valence-electron chi connectivity index (χ2n) is 7.93. The summed E-state index contributed by atoms with van der Waals surface area (Å²) in [6.45, 7) is 5.39. The molecule has 8 nitrogen and oxygen atoms in total. The Bertz CT molecular complexity index is 1140. The maximum absolute atomic E-state index is 12.6. The van der Waals surface area contributed by atoms with Crippen LogP contribution in [0, 0.1) is 20.8 Å². The lowest BCUT2D eigenvalue weighted by molar-refractivity contribution is -0.136. The van der Waals surface area contributed by atoms with Crippen molar-refractivity contribution in [3.05, 3.63) is 82.7 Å². The van der Waals surface area contributed by atoms with E-state index in [0.717, 1.165) is 11.1 Å². The van der Waals surface area contributed by atoms with E-state index >= 15 is 0 Å². The van der Waals surface area contributed by atoms with Crippen LogP contribution < -0.4 is 5.32 Å². The molecule has 2 aromatic carbocycles. The summed E-state index contributed by atoms with van der Waals surface area (Å²) in [5.74, 6) is -1.43. The number of ether oxygens (including phenoxy) is 1. The monoisotopic (exact) mass is 448 g/mol. The van der Waals surface area contributed by atoms with E-state index in [1.165, 1.54) is 11.9 Å². The minimum absolute atomic E-state index is 0.155. The lowest BCUT2D eigenvalue weighted by Crippen LogP contribution is -2.37. The third kappa shape index (κ3) is 6.29. The number of carbonyl (C=O) groups excluding carboxylic acids is 3. The molecule has 0 saturated carbocycles. The van der Waals surface area contributed by atoms with Crippen molar-refractivity contribution in [2.45, 2.75) is 27.3 Å². The highest BCUT2D eigenvalue weighted by Crippen LogP contribution is 2.16. The molecule has 1 N–H and O–H groups in total. The van der Waals surface area contributed by atoms with Crippen molar-refractivity contribution in [1.29, 1.82) is 0 Å². The Morgan fingerprint density at radius 1 is 1.00 bits per heavy atom. The molecule has 0 unspecified atom stereocenters. The number of anilines is 1. The van der Waals surface area contributed by atoms with Crippen LogP contribution in [0.4, 0.5) is 5.69 Å². The molecule has 0 fully saturated rings. The fourth-order valence-electron chi connectivity index (χ4n) is 3.35. The molecule has 0 atom stereocenters. The molecule has 0 spiro atoms. The average molecular weight is 449 g/mol. The van der Waals surface area contributed by atoms with Crippen LogP contribution >= 0.6 is 0 Å². The van der Waals surface area contributed by atoms with E-state index in [1.807, 2.05) is 49.4 Å². The number of hydrogen-bond donors (Lipinski definition) is 1. The Morgan fingerprint density at radius 3 is 2.33 bits per heavy atom. The Kier molecular flexibility index (Phi) is 7.61. The highest BCUT2D eigenvalue weighted by atomic mass is 16.5. The van der Waals surface area contributed by atoms with Gasteiger partial charge in [-0.25, -0.2) is 4.79 Å². The van der Waals surface area contributed by atoms with E-state index in [1.54, 1.807) is 30.7 Å². The van der Waals surface area contributed by atoms with Gasteiger partial charge in [-0.15, -0.1) is 0 Å². The van der Waals surface area contributed by atoms with E-state index in [0.29, 0.717) is 29.2 Å². The molecule has 172 valence electrons. The van der Waals surface area contributed by atoms with Gasteiger partial charge in [-0.2, -0.15) is 5.10 Å². The average Bonchev–Trinajstić information content (AvgIpc) is 3.06. The number of aryl methyl sites for hydroxylation is 2. The van der Waals surface area contributed by atoms with E-state index in [4.69, 9.17) is 4.74 Å². The van der Waals surface area contributed by atoms with Gasteiger partial charge in [0.25, 0.3) is 5.91 Å². The van der Waals surface area contributed by atoms with E-state index < -0.39 is 18.5 Å². The topological polar surface area (TPSA) is 93.5 Å². The van der Waals surface area contributed by atoms with Gasteiger partial charge in [0.2, 0.25) is 5.91 Å². The summed E-state index contributed by atoms with van der Waals surface area (Å²) in [5.41, 5.74) is 4.34. The number of nitrogens with zero attached hydrogens (tertiary/aromatic N) is 3. The van der Waals surface area contributed by atoms with Crippen LogP contribution in [0.3, 0.4) is 0 Å².